The maximum Gasteiger partial charge on any atom is 0.123 e. The third-order valence-electron chi connectivity index (χ3n) is 3.74. The van der Waals surface area contributed by atoms with Gasteiger partial charge in [-0.3, -0.25) is 0 Å². The third kappa shape index (κ3) is 3.78. The molecule has 0 spiro atoms. The first-order valence-electron chi connectivity index (χ1n) is 7.33. The molecule has 2 rings (SSSR count). The SMILES string of the molecule is COc1ccc(OC)c(C(C)NC(CO)c2ccccc2)c1. The van der Waals surface area contributed by atoms with Crippen molar-refractivity contribution in [2.24, 2.45) is 0 Å². The lowest BCUT2D eigenvalue weighted by Crippen LogP contribution is -2.27. The van der Waals surface area contributed by atoms with E-state index in [-0.39, 0.29) is 18.7 Å². The van der Waals surface area contributed by atoms with Crippen molar-refractivity contribution in [3.8, 4) is 11.5 Å². The molecule has 0 bridgehead atoms. The number of aliphatic hydroxyl groups excluding tert-OH is 1. The molecule has 0 fully saturated rings. The molecule has 4 nitrogen and oxygen atoms in total. The zero-order chi connectivity index (χ0) is 15.9. The standard InChI is InChI=1S/C18H23NO3/c1-13(16-11-15(21-2)9-10-18(16)22-3)19-17(12-20)14-7-5-4-6-8-14/h4-11,13,17,19-20H,12H2,1-3H3. The van der Waals surface area contributed by atoms with Crippen LogP contribution in [0.4, 0.5) is 0 Å². The van der Waals surface area contributed by atoms with Crippen LogP contribution in [-0.2, 0) is 0 Å². The first-order valence-corrected chi connectivity index (χ1v) is 7.33. The van der Waals surface area contributed by atoms with Crippen LogP contribution in [0.25, 0.3) is 0 Å². The van der Waals surface area contributed by atoms with Gasteiger partial charge in [0.2, 0.25) is 0 Å². The van der Waals surface area contributed by atoms with E-state index in [1.165, 1.54) is 0 Å². The maximum atomic E-state index is 9.68. The molecule has 118 valence electrons. The van der Waals surface area contributed by atoms with Crippen molar-refractivity contribution in [3.63, 3.8) is 0 Å². The first kappa shape index (κ1) is 16.3. The minimum absolute atomic E-state index is 0.00223. The molecular formula is C18H23NO3. The Balaban J connectivity index is 2.22. The maximum absolute atomic E-state index is 9.68. The minimum atomic E-state index is -0.132. The molecule has 2 atom stereocenters. The van der Waals surface area contributed by atoms with E-state index in [4.69, 9.17) is 9.47 Å². The fourth-order valence-electron chi connectivity index (χ4n) is 2.51. The average molecular weight is 301 g/mol. The number of nitrogens with one attached hydrogen (secondary N) is 1. The van der Waals surface area contributed by atoms with E-state index in [0.29, 0.717) is 0 Å². The summed E-state index contributed by atoms with van der Waals surface area (Å²) in [4.78, 5) is 0. The number of rotatable bonds is 7. The molecule has 2 aromatic carbocycles. The summed E-state index contributed by atoms with van der Waals surface area (Å²) in [6.07, 6.45) is 0. The Labute approximate surface area is 131 Å². The number of hydrogen-bond acceptors (Lipinski definition) is 4. The topological polar surface area (TPSA) is 50.7 Å². The second kappa shape index (κ2) is 7.82. The van der Waals surface area contributed by atoms with Crippen LogP contribution in [0.3, 0.4) is 0 Å². The van der Waals surface area contributed by atoms with E-state index in [1.54, 1.807) is 14.2 Å². The molecule has 0 amide bonds. The van der Waals surface area contributed by atoms with Crippen LogP contribution < -0.4 is 14.8 Å². The Kier molecular flexibility index (Phi) is 5.81. The fraction of sp³-hybridized carbons (Fsp3) is 0.333. The normalized spacial score (nSPS) is 13.5. The summed E-state index contributed by atoms with van der Waals surface area (Å²) >= 11 is 0. The minimum Gasteiger partial charge on any atom is -0.497 e. The largest absolute Gasteiger partial charge is 0.497 e. The van der Waals surface area contributed by atoms with Crippen LogP contribution in [0.2, 0.25) is 0 Å². The van der Waals surface area contributed by atoms with Crippen molar-refractivity contribution in [2.45, 2.75) is 19.0 Å². The van der Waals surface area contributed by atoms with Crippen molar-refractivity contribution in [3.05, 3.63) is 59.7 Å². The van der Waals surface area contributed by atoms with E-state index < -0.39 is 0 Å². The van der Waals surface area contributed by atoms with Crippen LogP contribution in [0.15, 0.2) is 48.5 Å². The summed E-state index contributed by atoms with van der Waals surface area (Å²) in [5.41, 5.74) is 2.05. The molecule has 0 aliphatic rings. The number of ether oxygens (including phenoxy) is 2. The highest BCUT2D eigenvalue weighted by molar-refractivity contribution is 5.42. The summed E-state index contributed by atoms with van der Waals surface area (Å²) in [5, 5.41) is 13.1. The van der Waals surface area contributed by atoms with Crippen LogP contribution in [0, 0.1) is 0 Å². The lowest BCUT2D eigenvalue weighted by atomic mass is 10.0. The molecule has 0 saturated heterocycles. The molecule has 2 unspecified atom stereocenters. The highest BCUT2D eigenvalue weighted by Crippen LogP contribution is 2.30. The third-order valence-corrected chi connectivity index (χ3v) is 3.74. The molecule has 0 radical (unpaired) electrons. The van der Waals surface area contributed by atoms with Gasteiger partial charge in [-0.15, -0.1) is 0 Å². The summed E-state index contributed by atoms with van der Waals surface area (Å²) in [5.74, 6) is 1.58. The Bertz CT molecular complexity index is 586. The van der Waals surface area contributed by atoms with Gasteiger partial charge in [-0.05, 0) is 30.7 Å². The molecule has 0 saturated carbocycles. The van der Waals surface area contributed by atoms with Gasteiger partial charge in [-0.1, -0.05) is 30.3 Å². The van der Waals surface area contributed by atoms with Gasteiger partial charge in [0.1, 0.15) is 11.5 Å². The van der Waals surface area contributed by atoms with Gasteiger partial charge in [0, 0.05) is 11.6 Å². The van der Waals surface area contributed by atoms with Crippen LogP contribution >= 0.6 is 0 Å². The average Bonchev–Trinajstić information content (AvgIpc) is 2.59. The number of hydrogen-bond donors (Lipinski definition) is 2. The predicted molar refractivity (Wildman–Crippen MR) is 87.4 cm³/mol. The summed E-state index contributed by atoms with van der Waals surface area (Å²) < 4.78 is 10.7. The first-order chi connectivity index (χ1) is 10.7. The zero-order valence-corrected chi connectivity index (χ0v) is 13.2. The van der Waals surface area contributed by atoms with Crippen LogP contribution in [0.1, 0.15) is 30.1 Å². The molecule has 0 aliphatic carbocycles. The van der Waals surface area contributed by atoms with Crippen molar-refractivity contribution in [1.29, 1.82) is 0 Å². The number of aliphatic hydroxyl groups is 1. The van der Waals surface area contributed by atoms with Gasteiger partial charge >= 0.3 is 0 Å². The van der Waals surface area contributed by atoms with Crippen molar-refractivity contribution in [1.82, 2.24) is 5.32 Å². The lowest BCUT2D eigenvalue weighted by molar-refractivity contribution is 0.234. The highest BCUT2D eigenvalue weighted by Gasteiger charge is 2.18. The Morgan fingerprint density at radius 2 is 1.77 bits per heavy atom. The van der Waals surface area contributed by atoms with Crippen LogP contribution in [0.5, 0.6) is 11.5 Å². The molecule has 0 heterocycles. The van der Waals surface area contributed by atoms with Crippen molar-refractivity contribution in [2.75, 3.05) is 20.8 Å². The van der Waals surface area contributed by atoms with Crippen molar-refractivity contribution >= 4 is 0 Å². The summed E-state index contributed by atoms with van der Waals surface area (Å²) in [6.45, 7) is 2.07. The van der Waals surface area contributed by atoms with Gasteiger partial charge in [0.25, 0.3) is 0 Å². The number of benzene rings is 2. The van der Waals surface area contributed by atoms with Crippen molar-refractivity contribution < 1.29 is 14.6 Å². The quantitative estimate of drug-likeness (QED) is 0.825. The molecule has 4 heteroatoms. The van der Waals surface area contributed by atoms with Gasteiger partial charge < -0.3 is 19.9 Å². The van der Waals surface area contributed by atoms with Crippen LogP contribution in [-0.4, -0.2) is 25.9 Å². The van der Waals surface area contributed by atoms with E-state index in [0.717, 1.165) is 22.6 Å². The molecular weight excluding hydrogens is 278 g/mol. The summed E-state index contributed by atoms with van der Waals surface area (Å²) in [7, 11) is 3.29. The highest BCUT2D eigenvalue weighted by atomic mass is 16.5. The Morgan fingerprint density at radius 1 is 1.05 bits per heavy atom. The molecule has 22 heavy (non-hydrogen) atoms. The smallest absolute Gasteiger partial charge is 0.123 e. The van der Waals surface area contributed by atoms with Gasteiger partial charge in [-0.25, -0.2) is 0 Å². The van der Waals surface area contributed by atoms with Gasteiger partial charge in [0.15, 0.2) is 0 Å². The predicted octanol–water partition coefficient (Wildman–Crippen LogP) is 3.09. The van der Waals surface area contributed by atoms with Gasteiger partial charge in [-0.2, -0.15) is 0 Å². The van der Waals surface area contributed by atoms with E-state index in [9.17, 15) is 5.11 Å². The molecule has 0 aliphatic heterocycles. The van der Waals surface area contributed by atoms with Gasteiger partial charge in [0.05, 0.1) is 26.9 Å². The zero-order valence-electron chi connectivity index (χ0n) is 13.2. The molecule has 2 aromatic rings. The fourth-order valence-corrected chi connectivity index (χ4v) is 2.51. The number of methoxy groups -OCH3 is 2. The monoisotopic (exact) mass is 301 g/mol. The lowest BCUT2D eigenvalue weighted by Gasteiger charge is -2.24. The van der Waals surface area contributed by atoms with E-state index in [1.807, 2.05) is 55.5 Å². The second-order valence-electron chi connectivity index (χ2n) is 5.14. The Hall–Kier alpha value is -2.04. The summed E-state index contributed by atoms with van der Waals surface area (Å²) in [6, 6.07) is 15.5. The van der Waals surface area contributed by atoms with E-state index >= 15 is 0 Å². The Morgan fingerprint density at radius 3 is 2.36 bits per heavy atom. The van der Waals surface area contributed by atoms with E-state index in [2.05, 4.69) is 5.32 Å². The second-order valence-corrected chi connectivity index (χ2v) is 5.14. The molecule has 0 aromatic heterocycles. The molecule has 2 N–H and O–H groups in total.